The standard InChI is InChI=1S/C9H11N3O2/c1-5-3-7(12-14-5)9-11-6(2)8(4-10)13-9/h3H,4,10H2,1-2H3. The van der Waals surface area contributed by atoms with Crippen LogP contribution in [0.15, 0.2) is 15.0 Å². The first-order valence-corrected chi connectivity index (χ1v) is 4.30. The van der Waals surface area contributed by atoms with Gasteiger partial charge in [-0.15, -0.1) is 0 Å². The van der Waals surface area contributed by atoms with Gasteiger partial charge in [0.05, 0.1) is 12.2 Å². The van der Waals surface area contributed by atoms with Crippen LogP contribution >= 0.6 is 0 Å². The summed E-state index contributed by atoms with van der Waals surface area (Å²) in [7, 11) is 0. The minimum Gasteiger partial charge on any atom is -0.438 e. The van der Waals surface area contributed by atoms with Crippen molar-refractivity contribution in [2.24, 2.45) is 5.73 Å². The van der Waals surface area contributed by atoms with Crippen LogP contribution in [0.5, 0.6) is 0 Å². The van der Waals surface area contributed by atoms with Gasteiger partial charge in [-0.05, 0) is 13.8 Å². The van der Waals surface area contributed by atoms with Crippen molar-refractivity contribution in [3.05, 3.63) is 23.3 Å². The second kappa shape index (κ2) is 3.26. The van der Waals surface area contributed by atoms with Crippen LogP contribution in [0.1, 0.15) is 17.2 Å². The maximum absolute atomic E-state index is 5.47. The summed E-state index contributed by atoms with van der Waals surface area (Å²) in [5, 5.41) is 3.80. The van der Waals surface area contributed by atoms with Crippen LogP contribution in [0.3, 0.4) is 0 Å². The molecule has 5 heteroatoms. The summed E-state index contributed by atoms with van der Waals surface area (Å²) >= 11 is 0. The maximum Gasteiger partial charge on any atom is 0.249 e. The van der Waals surface area contributed by atoms with E-state index in [2.05, 4.69) is 10.1 Å². The molecule has 0 unspecified atom stereocenters. The smallest absolute Gasteiger partial charge is 0.249 e. The van der Waals surface area contributed by atoms with Crippen molar-refractivity contribution < 1.29 is 8.94 Å². The second-order valence-electron chi connectivity index (χ2n) is 3.05. The SMILES string of the molecule is Cc1cc(-c2nc(C)c(CN)o2)no1. The highest BCUT2D eigenvalue weighted by Gasteiger charge is 2.13. The molecule has 2 heterocycles. The van der Waals surface area contributed by atoms with Crippen molar-refractivity contribution in [2.75, 3.05) is 0 Å². The Hall–Kier alpha value is -1.62. The number of nitrogens with two attached hydrogens (primary N) is 1. The zero-order valence-electron chi connectivity index (χ0n) is 8.07. The predicted octanol–water partition coefficient (Wildman–Crippen LogP) is 1.41. The molecule has 0 saturated carbocycles. The topological polar surface area (TPSA) is 78.1 Å². The molecule has 2 rings (SSSR count). The number of aromatic nitrogens is 2. The highest BCUT2D eigenvalue weighted by atomic mass is 16.5. The van der Waals surface area contributed by atoms with Crippen LogP contribution in [0, 0.1) is 13.8 Å². The summed E-state index contributed by atoms with van der Waals surface area (Å²) in [5.74, 6) is 1.87. The number of hydrogen-bond donors (Lipinski definition) is 1. The van der Waals surface area contributed by atoms with Crippen molar-refractivity contribution in [3.63, 3.8) is 0 Å². The minimum atomic E-state index is 0.343. The van der Waals surface area contributed by atoms with Gasteiger partial charge in [-0.25, -0.2) is 4.98 Å². The summed E-state index contributed by atoms with van der Waals surface area (Å²) in [6.07, 6.45) is 0. The molecule has 5 nitrogen and oxygen atoms in total. The Balaban J connectivity index is 2.42. The molecule has 74 valence electrons. The van der Waals surface area contributed by atoms with E-state index in [0.29, 0.717) is 23.9 Å². The fourth-order valence-electron chi connectivity index (χ4n) is 1.19. The Bertz CT molecular complexity index is 445. The van der Waals surface area contributed by atoms with Crippen LogP contribution < -0.4 is 5.73 Å². The van der Waals surface area contributed by atoms with Gasteiger partial charge < -0.3 is 14.7 Å². The van der Waals surface area contributed by atoms with Crippen molar-refractivity contribution in [1.29, 1.82) is 0 Å². The molecule has 0 aliphatic carbocycles. The molecule has 0 atom stereocenters. The molecule has 0 fully saturated rings. The van der Waals surface area contributed by atoms with Crippen molar-refractivity contribution >= 4 is 0 Å². The summed E-state index contributed by atoms with van der Waals surface area (Å²) in [6.45, 7) is 4.01. The normalized spacial score (nSPS) is 10.8. The molecule has 2 aromatic heterocycles. The van der Waals surface area contributed by atoms with E-state index in [-0.39, 0.29) is 0 Å². The Morgan fingerprint density at radius 1 is 1.43 bits per heavy atom. The molecule has 2 aromatic rings. The van der Waals surface area contributed by atoms with Crippen molar-refractivity contribution in [1.82, 2.24) is 10.1 Å². The maximum atomic E-state index is 5.47. The van der Waals surface area contributed by atoms with E-state index in [0.717, 1.165) is 11.5 Å². The van der Waals surface area contributed by atoms with E-state index in [1.165, 1.54) is 0 Å². The molecule has 0 bridgehead atoms. The van der Waals surface area contributed by atoms with Gasteiger partial charge in [0, 0.05) is 6.07 Å². The molecular formula is C9H11N3O2. The molecule has 0 aromatic carbocycles. The Kier molecular flexibility index (Phi) is 2.09. The Labute approximate surface area is 80.9 Å². The average Bonchev–Trinajstić information content (AvgIpc) is 2.71. The van der Waals surface area contributed by atoms with Gasteiger partial charge in [0.25, 0.3) is 0 Å². The van der Waals surface area contributed by atoms with Crippen LogP contribution in [0.4, 0.5) is 0 Å². The predicted molar refractivity (Wildman–Crippen MR) is 49.4 cm³/mol. The molecule has 0 saturated heterocycles. The third-order valence-electron chi connectivity index (χ3n) is 1.93. The zero-order valence-corrected chi connectivity index (χ0v) is 8.07. The third-order valence-corrected chi connectivity index (χ3v) is 1.93. The number of aryl methyl sites for hydroxylation is 2. The quantitative estimate of drug-likeness (QED) is 0.780. The third kappa shape index (κ3) is 1.42. The van der Waals surface area contributed by atoms with E-state index in [9.17, 15) is 0 Å². The van der Waals surface area contributed by atoms with Gasteiger partial charge in [-0.2, -0.15) is 0 Å². The average molecular weight is 193 g/mol. The first kappa shape index (κ1) is 8.96. The highest BCUT2D eigenvalue weighted by molar-refractivity contribution is 5.47. The monoisotopic (exact) mass is 193 g/mol. The lowest BCUT2D eigenvalue weighted by Crippen LogP contribution is -1.95. The minimum absolute atomic E-state index is 0.343. The summed E-state index contributed by atoms with van der Waals surface area (Å²) < 4.78 is 10.3. The van der Waals surface area contributed by atoms with E-state index in [1.54, 1.807) is 6.07 Å². The number of rotatable bonds is 2. The lowest BCUT2D eigenvalue weighted by molar-refractivity contribution is 0.396. The van der Waals surface area contributed by atoms with Crippen molar-refractivity contribution in [3.8, 4) is 11.6 Å². The van der Waals surface area contributed by atoms with E-state index >= 15 is 0 Å². The number of nitrogens with zero attached hydrogens (tertiary/aromatic N) is 2. The number of oxazole rings is 1. The Morgan fingerprint density at radius 2 is 2.21 bits per heavy atom. The molecule has 0 aliphatic heterocycles. The van der Waals surface area contributed by atoms with E-state index < -0.39 is 0 Å². The first-order valence-electron chi connectivity index (χ1n) is 4.30. The van der Waals surface area contributed by atoms with Gasteiger partial charge in [0.15, 0.2) is 5.69 Å². The van der Waals surface area contributed by atoms with Gasteiger partial charge in [0.2, 0.25) is 5.89 Å². The molecule has 0 radical (unpaired) electrons. The van der Waals surface area contributed by atoms with E-state index in [4.69, 9.17) is 14.7 Å². The van der Waals surface area contributed by atoms with Crippen LogP contribution in [0.25, 0.3) is 11.6 Å². The Morgan fingerprint density at radius 3 is 2.71 bits per heavy atom. The van der Waals surface area contributed by atoms with Crippen LogP contribution in [0.2, 0.25) is 0 Å². The second-order valence-corrected chi connectivity index (χ2v) is 3.05. The first-order chi connectivity index (χ1) is 6.70. The van der Waals surface area contributed by atoms with Gasteiger partial charge >= 0.3 is 0 Å². The highest BCUT2D eigenvalue weighted by Crippen LogP contribution is 2.20. The molecule has 2 N–H and O–H groups in total. The molecule has 14 heavy (non-hydrogen) atoms. The summed E-state index contributed by atoms with van der Waals surface area (Å²) in [4.78, 5) is 4.20. The van der Waals surface area contributed by atoms with E-state index in [1.807, 2.05) is 13.8 Å². The zero-order chi connectivity index (χ0) is 10.1. The fourth-order valence-corrected chi connectivity index (χ4v) is 1.19. The molecular weight excluding hydrogens is 182 g/mol. The molecule has 0 spiro atoms. The van der Waals surface area contributed by atoms with Gasteiger partial charge in [-0.3, -0.25) is 0 Å². The molecule has 0 aliphatic rings. The lowest BCUT2D eigenvalue weighted by Gasteiger charge is -1.86. The van der Waals surface area contributed by atoms with Gasteiger partial charge in [-0.1, -0.05) is 5.16 Å². The van der Waals surface area contributed by atoms with Crippen molar-refractivity contribution in [2.45, 2.75) is 20.4 Å². The van der Waals surface area contributed by atoms with Gasteiger partial charge in [0.1, 0.15) is 11.5 Å². The van der Waals surface area contributed by atoms with Crippen LogP contribution in [-0.4, -0.2) is 10.1 Å². The molecule has 0 amide bonds. The van der Waals surface area contributed by atoms with Crippen LogP contribution in [-0.2, 0) is 6.54 Å². The summed E-state index contributed by atoms with van der Waals surface area (Å²) in [6, 6.07) is 1.77. The number of hydrogen-bond acceptors (Lipinski definition) is 5. The largest absolute Gasteiger partial charge is 0.438 e. The lowest BCUT2D eigenvalue weighted by atomic mass is 10.4. The summed E-state index contributed by atoms with van der Waals surface area (Å²) in [5.41, 5.74) is 6.87. The fraction of sp³-hybridized carbons (Fsp3) is 0.333.